The number of carbonyl (C=O) groups excluding carboxylic acids is 1. The molecule has 0 aliphatic carbocycles. The Labute approximate surface area is 252 Å². The number of amides is 1. The minimum Gasteiger partial charge on any atom is -0.488 e. The minimum absolute atomic E-state index is 0.145. The highest BCUT2D eigenvalue weighted by Crippen LogP contribution is 2.41. The zero-order chi connectivity index (χ0) is 29.3. The Morgan fingerprint density at radius 1 is 0.833 bits per heavy atom. The molecule has 0 aliphatic rings. The molecule has 1 amide bonds. The van der Waals surface area contributed by atoms with Crippen LogP contribution in [0.4, 0.5) is 4.39 Å². The van der Waals surface area contributed by atoms with E-state index in [1.807, 2.05) is 85.8 Å². The summed E-state index contributed by atoms with van der Waals surface area (Å²) in [7, 11) is 0. The Balaban J connectivity index is 1.55. The van der Waals surface area contributed by atoms with Crippen LogP contribution in [-0.2, 0) is 26.1 Å². The van der Waals surface area contributed by atoms with Gasteiger partial charge in [0.2, 0.25) is 0 Å². The lowest BCUT2D eigenvalue weighted by Gasteiger charge is -2.17. The molecule has 0 unspecified atom stereocenters. The van der Waals surface area contributed by atoms with E-state index in [4.69, 9.17) is 14.0 Å². The number of nitrogens with zero attached hydrogens (tertiary/aromatic N) is 1. The SMILES string of the molecule is CCNC(=O)c1noc(-c2cc(CCc3cccc(F)c3)c(OCc3ccccc3)cc2OCc2ccccc2)c1Br. The highest BCUT2D eigenvalue weighted by molar-refractivity contribution is 9.10. The van der Waals surface area contributed by atoms with Crippen molar-refractivity contribution in [2.45, 2.75) is 33.0 Å². The minimum atomic E-state index is -0.347. The number of ether oxygens (including phenoxy) is 2. The zero-order valence-electron chi connectivity index (χ0n) is 23.1. The molecule has 5 rings (SSSR count). The lowest BCUT2D eigenvalue weighted by Crippen LogP contribution is -2.23. The molecule has 214 valence electrons. The summed E-state index contributed by atoms with van der Waals surface area (Å²) in [5.41, 5.74) is 4.52. The number of benzene rings is 4. The van der Waals surface area contributed by atoms with E-state index in [0.717, 1.165) is 22.3 Å². The van der Waals surface area contributed by atoms with Crippen LogP contribution in [0.3, 0.4) is 0 Å². The Morgan fingerprint density at radius 2 is 1.48 bits per heavy atom. The second-order valence-electron chi connectivity index (χ2n) is 9.67. The van der Waals surface area contributed by atoms with E-state index in [1.54, 1.807) is 6.07 Å². The monoisotopic (exact) mass is 628 g/mol. The first-order valence-electron chi connectivity index (χ1n) is 13.7. The van der Waals surface area contributed by atoms with Gasteiger partial charge in [-0.2, -0.15) is 0 Å². The summed E-state index contributed by atoms with van der Waals surface area (Å²) in [5, 5.41) is 6.79. The van der Waals surface area contributed by atoms with Gasteiger partial charge in [0.05, 0.1) is 10.0 Å². The van der Waals surface area contributed by atoms with Crippen molar-refractivity contribution in [1.29, 1.82) is 0 Å². The van der Waals surface area contributed by atoms with Gasteiger partial charge in [0.1, 0.15) is 30.5 Å². The summed E-state index contributed by atoms with van der Waals surface area (Å²) >= 11 is 3.53. The Hall–Kier alpha value is -4.43. The first-order valence-corrected chi connectivity index (χ1v) is 14.5. The summed E-state index contributed by atoms with van der Waals surface area (Å²) in [6.07, 6.45) is 1.15. The summed E-state index contributed by atoms with van der Waals surface area (Å²) in [6, 6.07) is 30.1. The molecule has 5 aromatic rings. The van der Waals surface area contributed by atoms with Gasteiger partial charge in [-0.05, 0) is 76.1 Å². The number of nitrogens with one attached hydrogen (secondary N) is 1. The standard InChI is InChI=1S/C34H30BrFN2O4/c1-2-37-34(39)32-31(35)33(42-38-32)28-19-26(17-16-23-14-9-15-27(36)18-23)29(40-21-24-10-5-3-6-11-24)20-30(28)41-22-25-12-7-4-8-13-25/h3-15,18-20H,2,16-17,21-22H2,1H3,(H,37,39). The topological polar surface area (TPSA) is 73.6 Å². The van der Waals surface area contributed by atoms with Crippen LogP contribution in [0.2, 0.25) is 0 Å². The third-order valence-electron chi connectivity index (χ3n) is 6.64. The quantitative estimate of drug-likeness (QED) is 0.152. The Bertz CT molecular complexity index is 1640. The number of carbonyl (C=O) groups is 1. The maximum atomic E-state index is 13.9. The van der Waals surface area contributed by atoms with Crippen molar-refractivity contribution in [3.05, 3.63) is 135 Å². The molecule has 42 heavy (non-hydrogen) atoms. The molecule has 1 aromatic heterocycles. The molecule has 6 nitrogen and oxygen atoms in total. The molecule has 4 aromatic carbocycles. The van der Waals surface area contributed by atoms with Crippen LogP contribution in [0.15, 0.2) is 106 Å². The molecule has 8 heteroatoms. The average Bonchev–Trinajstić information content (AvgIpc) is 3.40. The van der Waals surface area contributed by atoms with Crippen LogP contribution in [0, 0.1) is 5.82 Å². The largest absolute Gasteiger partial charge is 0.488 e. The number of aryl methyl sites for hydroxylation is 2. The maximum Gasteiger partial charge on any atom is 0.274 e. The van der Waals surface area contributed by atoms with Crippen LogP contribution >= 0.6 is 15.9 Å². The van der Waals surface area contributed by atoms with Crippen LogP contribution in [-0.4, -0.2) is 17.6 Å². The van der Waals surface area contributed by atoms with Gasteiger partial charge in [-0.3, -0.25) is 4.79 Å². The predicted molar refractivity (Wildman–Crippen MR) is 163 cm³/mol. The van der Waals surface area contributed by atoms with E-state index in [9.17, 15) is 9.18 Å². The summed E-state index contributed by atoms with van der Waals surface area (Å²) < 4.78 is 32.7. The number of rotatable bonds is 12. The van der Waals surface area contributed by atoms with Crippen LogP contribution < -0.4 is 14.8 Å². The number of hydrogen-bond donors (Lipinski definition) is 1. The highest BCUT2D eigenvalue weighted by atomic mass is 79.9. The van der Waals surface area contributed by atoms with Crippen molar-refractivity contribution in [1.82, 2.24) is 10.5 Å². The van der Waals surface area contributed by atoms with E-state index in [-0.39, 0.29) is 17.4 Å². The molecule has 1 N–H and O–H groups in total. The Morgan fingerprint density at radius 3 is 2.12 bits per heavy atom. The molecule has 0 atom stereocenters. The van der Waals surface area contributed by atoms with Gasteiger partial charge in [0.25, 0.3) is 5.91 Å². The van der Waals surface area contributed by atoms with Crippen molar-refractivity contribution in [2.24, 2.45) is 0 Å². The van der Waals surface area contributed by atoms with Crippen molar-refractivity contribution in [3.8, 4) is 22.8 Å². The smallest absolute Gasteiger partial charge is 0.274 e. The van der Waals surface area contributed by atoms with Crippen molar-refractivity contribution in [3.63, 3.8) is 0 Å². The van der Waals surface area contributed by atoms with Crippen molar-refractivity contribution < 1.29 is 23.2 Å². The lowest BCUT2D eigenvalue weighted by molar-refractivity contribution is 0.0946. The second-order valence-corrected chi connectivity index (χ2v) is 10.5. The molecule has 0 saturated carbocycles. The molecule has 0 aliphatic heterocycles. The molecule has 0 spiro atoms. The van der Waals surface area contributed by atoms with Crippen LogP contribution in [0.1, 0.15) is 39.7 Å². The van der Waals surface area contributed by atoms with E-state index in [1.165, 1.54) is 12.1 Å². The number of halogens is 2. The fourth-order valence-electron chi connectivity index (χ4n) is 4.51. The first-order chi connectivity index (χ1) is 20.5. The average molecular weight is 630 g/mol. The van der Waals surface area contributed by atoms with E-state index in [0.29, 0.717) is 59.9 Å². The van der Waals surface area contributed by atoms with Gasteiger partial charge in [-0.15, -0.1) is 0 Å². The fraction of sp³-hybridized carbons (Fsp3) is 0.176. The van der Waals surface area contributed by atoms with Gasteiger partial charge in [-0.1, -0.05) is 78.0 Å². The zero-order valence-corrected chi connectivity index (χ0v) is 24.7. The van der Waals surface area contributed by atoms with Crippen molar-refractivity contribution in [2.75, 3.05) is 6.54 Å². The Kier molecular flexibility index (Phi) is 9.66. The molecule has 1 heterocycles. The third-order valence-corrected chi connectivity index (χ3v) is 7.38. The third kappa shape index (κ3) is 7.25. The van der Waals surface area contributed by atoms with Crippen LogP contribution in [0.25, 0.3) is 11.3 Å². The maximum absolute atomic E-state index is 13.9. The summed E-state index contributed by atoms with van der Waals surface area (Å²) in [5.74, 6) is 0.889. The normalized spacial score (nSPS) is 10.8. The number of hydrogen-bond acceptors (Lipinski definition) is 5. The van der Waals surface area contributed by atoms with Gasteiger partial charge >= 0.3 is 0 Å². The number of aromatic nitrogens is 1. The highest BCUT2D eigenvalue weighted by Gasteiger charge is 2.25. The molecular weight excluding hydrogens is 599 g/mol. The lowest BCUT2D eigenvalue weighted by atomic mass is 9.99. The fourth-order valence-corrected chi connectivity index (χ4v) is 5.04. The molecule has 0 fully saturated rings. The van der Waals surface area contributed by atoms with E-state index < -0.39 is 0 Å². The van der Waals surface area contributed by atoms with E-state index >= 15 is 0 Å². The molecule has 0 bridgehead atoms. The molecule has 0 radical (unpaired) electrons. The van der Waals surface area contributed by atoms with Gasteiger partial charge in [0, 0.05) is 12.6 Å². The summed E-state index contributed by atoms with van der Waals surface area (Å²) in [4.78, 5) is 12.6. The van der Waals surface area contributed by atoms with E-state index in [2.05, 4.69) is 26.4 Å². The van der Waals surface area contributed by atoms with Gasteiger partial charge in [-0.25, -0.2) is 4.39 Å². The van der Waals surface area contributed by atoms with Gasteiger partial charge < -0.3 is 19.3 Å². The van der Waals surface area contributed by atoms with Crippen LogP contribution in [0.5, 0.6) is 11.5 Å². The predicted octanol–water partition coefficient (Wildman–Crippen LogP) is 7.94. The molecule has 0 saturated heterocycles. The summed E-state index contributed by atoms with van der Waals surface area (Å²) in [6.45, 7) is 2.96. The second kappa shape index (κ2) is 14.0. The molecular formula is C34H30BrFN2O4. The van der Waals surface area contributed by atoms with Gasteiger partial charge in [0.15, 0.2) is 11.5 Å². The first kappa shape index (κ1) is 29.1. The van der Waals surface area contributed by atoms with Crippen molar-refractivity contribution >= 4 is 21.8 Å².